The molecule has 2 aromatic carbocycles. The van der Waals surface area contributed by atoms with Crippen molar-refractivity contribution in [1.82, 2.24) is 9.71 Å². The van der Waals surface area contributed by atoms with Crippen LogP contribution in [0.4, 0.5) is 16.5 Å². The van der Waals surface area contributed by atoms with Crippen molar-refractivity contribution in [2.24, 2.45) is 0 Å². The van der Waals surface area contributed by atoms with Crippen LogP contribution in [0.1, 0.15) is 34.5 Å². The predicted molar refractivity (Wildman–Crippen MR) is 141 cm³/mol. The van der Waals surface area contributed by atoms with Crippen LogP contribution in [0.2, 0.25) is 0 Å². The van der Waals surface area contributed by atoms with E-state index < -0.39 is 10.0 Å². The zero-order valence-electron chi connectivity index (χ0n) is 19.8. The number of para-hydroxylation sites is 2. The van der Waals surface area contributed by atoms with Crippen molar-refractivity contribution in [2.45, 2.75) is 31.8 Å². The average Bonchev–Trinajstić information content (AvgIpc) is 3.34. The first-order valence-corrected chi connectivity index (χ1v) is 14.5. The Morgan fingerprint density at radius 3 is 2.50 bits per heavy atom. The highest BCUT2D eigenvalue weighted by Crippen LogP contribution is 2.31. The van der Waals surface area contributed by atoms with Crippen LogP contribution in [-0.2, 0) is 27.8 Å². The second-order valence-electron chi connectivity index (χ2n) is 9.06. The molecule has 1 aromatic heterocycles. The fraction of sp³-hybridized carbons (Fsp3) is 0.320. The predicted octanol–water partition coefficient (Wildman–Crippen LogP) is 3.00. The highest BCUT2D eigenvalue weighted by Gasteiger charge is 2.27. The van der Waals surface area contributed by atoms with Crippen LogP contribution in [0.15, 0.2) is 53.9 Å². The summed E-state index contributed by atoms with van der Waals surface area (Å²) in [4.78, 5) is 34.0. The average molecular weight is 526 g/mol. The van der Waals surface area contributed by atoms with E-state index in [1.807, 2.05) is 48.5 Å². The summed E-state index contributed by atoms with van der Waals surface area (Å²) < 4.78 is 25.8. The summed E-state index contributed by atoms with van der Waals surface area (Å²) in [5.41, 5.74) is 3.91. The Labute approximate surface area is 214 Å². The van der Waals surface area contributed by atoms with Gasteiger partial charge in [-0.1, -0.05) is 36.4 Å². The molecule has 2 amide bonds. The Kier molecular flexibility index (Phi) is 6.78. The van der Waals surface area contributed by atoms with Crippen molar-refractivity contribution in [3.8, 4) is 0 Å². The Morgan fingerprint density at radius 2 is 1.75 bits per heavy atom. The smallest absolute Gasteiger partial charge is 0.275 e. The van der Waals surface area contributed by atoms with Crippen LogP contribution in [-0.4, -0.2) is 50.6 Å². The summed E-state index contributed by atoms with van der Waals surface area (Å²) in [6.45, 7) is 1.77. The lowest BCUT2D eigenvalue weighted by Crippen LogP contribution is -2.44. The number of hydrogen-bond acceptors (Lipinski definition) is 7. The minimum Gasteiger partial charge on any atom is -0.370 e. The SMILES string of the molecule is CS(=O)(=O)NC1CCN(c2ccccc2NC(=O)c2csc(N3Cc4ccccc4CC3=O)n2)CC1. The standard InChI is InChI=1S/C25H27N5O4S2/c1-36(33,34)28-19-10-12-29(13-11-19)22-9-5-4-8-20(22)26-24(32)21-16-35-25(27-21)30-15-18-7-3-2-6-17(18)14-23(30)31/h2-9,16,19,28H,10-15H2,1H3,(H,26,32). The number of anilines is 3. The molecule has 11 heteroatoms. The molecule has 2 aliphatic heterocycles. The molecule has 0 saturated carbocycles. The van der Waals surface area contributed by atoms with Crippen molar-refractivity contribution >= 4 is 49.7 Å². The van der Waals surface area contributed by atoms with E-state index in [-0.39, 0.29) is 23.6 Å². The third-order valence-corrected chi connectivity index (χ3v) is 8.04. The van der Waals surface area contributed by atoms with E-state index in [0.717, 1.165) is 16.8 Å². The second-order valence-corrected chi connectivity index (χ2v) is 11.7. The van der Waals surface area contributed by atoms with Crippen LogP contribution < -0.4 is 19.8 Å². The molecule has 0 unspecified atom stereocenters. The molecule has 0 radical (unpaired) electrons. The molecule has 5 rings (SSSR count). The second kappa shape index (κ2) is 10.00. The lowest BCUT2D eigenvalue weighted by molar-refractivity contribution is -0.118. The van der Waals surface area contributed by atoms with E-state index in [1.165, 1.54) is 17.6 Å². The number of piperidine rings is 1. The molecule has 9 nitrogen and oxygen atoms in total. The first kappa shape index (κ1) is 24.4. The van der Waals surface area contributed by atoms with Crippen LogP contribution in [0.3, 0.4) is 0 Å². The Bertz CT molecular complexity index is 1400. The number of sulfonamides is 1. The molecule has 1 saturated heterocycles. The number of hydrogen-bond donors (Lipinski definition) is 2. The van der Waals surface area contributed by atoms with Gasteiger partial charge in [-0.3, -0.25) is 14.5 Å². The number of aromatic nitrogens is 1. The van der Waals surface area contributed by atoms with Gasteiger partial charge in [0.15, 0.2) is 5.13 Å². The van der Waals surface area contributed by atoms with Crippen LogP contribution in [0.25, 0.3) is 0 Å². The minimum atomic E-state index is -3.24. The van der Waals surface area contributed by atoms with Gasteiger partial charge in [0.25, 0.3) is 5.91 Å². The summed E-state index contributed by atoms with van der Waals surface area (Å²) >= 11 is 1.28. The summed E-state index contributed by atoms with van der Waals surface area (Å²) in [5.74, 6) is -0.377. The normalized spacial score (nSPS) is 16.6. The number of nitrogens with zero attached hydrogens (tertiary/aromatic N) is 3. The van der Waals surface area contributed by atoms with Gasteiger partial charge in [-0.25, -0.2) is 18.1 Å². The van der Waals surface area contributed by atoms with Crippen LogP contribution >= 0.6 is 11.3 Å². The Hall–Kier alpha value is -3.28. The quantitative estimate of drug-likeness (QED) is 0.512. The molecule has 0 spiro atoms. The fourth-order valence-electron chi connectivity index (χ4n) is 4.65. The first-order valence-electron chi connectivity index (χ1n) is 11.7. The Balaban J connectivity index is 1.27. The molecule has 36 heavy (non-hydrogen) atoms. The number of thiazole rings is 1. The topological polar surface area (TPSA) is 112 Å². The van der Waals surface area contributed by atoms with Gasteiger partial charge in [0.1, 0.15) is 5.69 Å². The summed E-state index contributed by atoms with van der Waals surface area (Å²) in [6, 6.07) is 15.3. The van der Waals surface area contributed by atoms with E-state index in [9.17, 15) is 18.0 Å². The molecular weight excluding hydrogens is 498 g/mol. The van der Waals surface area contributed by atoms with E-state index in [2.05, 4.69) is 19.9 Å². The van der Waals surface area contributed by atoms with Gasteiger partial charge in [-0.05, 0) is 36.1 Å². The van der Waals surface area contributed by atoms with Crippen LogP contribution in [0, 0.1) is 0 Å². The maximum atomic E-state index is 13.1. The molecule has 0 bridgehead atoms. The lowest BCUT2D eigenvalue weighted by Gasteiger charge is -2.34. The van der Waals surface area contributed by atoms with E-state index in [4.69, 9.17) is 0 Å². The zero-order chi connectivity index (χ0) is 25.3. The summed E-state index contributed by atoms with van der Waals surface area (Å²) in [5, 5.41) is 5.14. The maximum Gasteiger partial charge on any atom is 0.275 e. The molecule has 1 fully saturated rings. The summed E-state index contributed by atoms with van der Waals surface area (Å²) in [6.07, 6.45) is 2.85. The number of carbonyl (C=O) groups excluding carboxylic acids is 2. The lowest BCUT2D eigenvalue weighted by atomic mass is 10.00. The fourth-order valence-corrected chi connectivity index (χ4v) is 6.31. The highest BCUT2D eigenvalue weighted by molar-refractivity contribution is 7.88. The van der Waals surface area contributed by atoms with Gasteiger partial charge < -0.3 is 10.2 Å². The number of benzene rings is 2. The van der Waals surface area contributed by atoms with Gasteiger partial charge in [-0.15, -0.1) is 11.3 Å². The zero-order valence-corrected chi connectivity index (χ0v) is 21.4. The number of fused-ring (bicyclic) bond motifs is 1. The van der Waals surface area contributed by atoms with Crippen molar-refractivity contribution in [3.05, 3.63) is 70.7 Å². The van der Waals surface area contributed by atoms with E-state index in [0.29, 0.717) is 49.7 Å². The van der Waals surface area contributed by atoms with Gasteiger partial charge in [0.2, 0.25) is 15.9 Å². The molecule has 3 heterocycles. The molecule has 2 aliphatic rings. The third-order valence-electron chi connectivity index (χ3n) is 6.41. The molecule has 188 valence electrons. The van der Waals surface area contributed by atoms with Gasteiger partial charge in [0, 0.05) is 24.5 Å². The van der Waals surface area contributed by atoms with Crippen LogP contribution in [0.5, 0.6) is 0 Å². The van der Waals surface area contributed by atoms with Crippen molar-refractivity contribution < 1.29 is 18.0 Å². The van der Waals surface area contributed by atoms with Crippen molar-refractivity contribution in [2.75, 3.05) is 34.5 Å². The monoisotopic (exact) mass is 525 g/mol. The largest absolute Gasteiger partial charge is 0.370 e. The first-order chi connectivity index (χ1) is 17.3. The maximum absolute atomic E-state index is 13.1. The third kappa shape index (κ3) is 5.43. The molecule has 2 N–H and O–H groups in total. The molecule has 0 aliphatic carbocycles. The van der Waals surface area contributed by atoms with Crippen molar-refractivity contribution in [1.29, 1.82) is 0 Å². The molecule has 3 aromatic rings. The minimum absolute atomic E-state index is 0.0332. The molecule has 0 atom stereocenters. The van der Waals surface area contributed by atoms with E-state index in [1.54, 1.807) is 10.3 Å². The number of amides is 2. The van der Waals surface area contributed by atoms with Crippen molar-refractivity contribution in [3.63, 3.8) is 0 Å². The number of rotatable bonds is 6. The number of nitrogens with one attached hydrogen (secondary N) is 2. The molecular formula is C25H27N5O4S2. The number of carbonyl (C=O) groups is 2. The van der Waals surface area contributed by atoms with Gasteiger partial charge >= 0.3 is 0 Å². The highest BCUT2D eigenvalue weighted by atomic mass is 32.2. The van der Waals surface area contributed by atoms with Gasteiger partial charge in [-0.2, -0.15) is 0 Å². The van der Waals surface area contributed by atoms with Gasteiger partial charge in [0.05, 0.1) is 30.6 Å². The van der Waals surface area contributed by atoms with E-state index >= 15 is 0 Å². The Morgan fingerprint density at radius 1 is 1.06 bits per heavy atom. The summed E-state index contributed by atoms with van der Waals surface area (Å²) in [7, 11) is -3.24.